The first kappa shape index (κ1) is 17.8. The third-order valence-corrected chi connectivity index (χ3v) is 4.22. The molecule has 0 saturated carbocycles. The lowest BCUT2D eigenvalue weighted by Gasteiger charge is -2.10. The van der Waals surface area contributed by atoms with Gasteiger partial charge in [0, 0.05) is 12.1 Å². The van der Waals surface area contributed by atoms with Gasteiger partial charge in [-0.05, 0) is 36.2 Å². The fourth-order valence-corrected chi connectivity index (χ4v) is 2.93. The van der Waals surface area contributed by atoms with Crippen molar-refractivity contribution < 1.29 is 13.5 Å². The number of rotatable bonds is 7. The second kappa shape index (κ2) is 7.99. The lowest BCUT2D eigenvalue weighted by Crippen LogP contribution is -2.09. The number of nitrogens with zero attached hydrogens (tertiary/aromatic N) is 4. The van der Waals surface area contributed by atoms with Crippen molar-refractivity contribution in [2.24, 2.45) is 0 Å². The molecular weight excluding hydrogens is 364 g/mol. The van der Waals surface area contributed by atoms with E-state index in [1.54, 1.807) is 24.5 Å². The van der Waals surface area contributed by atoms with Gasteiger partial charge < -0.3 is 10.1 Å². The van der Waals surface area contributed by atoms with Crippen LogP contribution in [0.3, 0.4) is 0 Å². The average Bonchev–Trinajstić information content (AvgIpc) is 3.14. The molecule has 0 aliphatic rings. The third-order valence-electron chi connectivity index (χ3n) is 4.22. The Bertz CT molecular complexity index is 1050. The number of aromatic nitrogens is 4. The van der Waals surface area contributed by atoms with Crippen LogP contribution in [0.4, 0.5) is 14.6 Å². The average molecular weight is 381 g/mol. The number of anilines is 1. The Kier molecular flexibility index (Phi) is 5.09. The van der Waals surface area contributed by atoms with Gasteiger partial charge in [-0.3, -0.25) is 9.38 Å². The Morgan fingerprint density at radius 1 is 0.964 bits per heavy atom. The molecule has 8 heteroatoms. The first-order valence-corrected chi connectivity index (χ1v) is 8.73. The molecular formula is C20H17F2N5O. The minimum atomic E-state index is -2.86. The molecule has 1 N–H and O–H groups in total. The van der Waals surface area contributed by atoms with Crippen LogP contribution in [0, 0.1) is 0 Å². The summed E-state index contributed by atoms with van der Waals surface area (Å²) in [6, 6.07) is 16.5. The number of fused-ring (bicyclic) bond motifs is 1. The molecule has 0 atom stereocenters. The first-order chi connectivity index (χ1) is 13.7. The van der Waals surface area contributed by atoms with E-state index in [-0.39, 0.29) is 5.75 Å². The van der Waals surface area contributed by atoms with E-state index in [1.807, 2.05) is 22.6 Å². The standard InChI is InChI=1S/C20H17F2N5O/c21-20(22)28-16-8-6-15(7-9-16)19-26-25-18-13-23-12-17(27(18)19)24-11-10-14-4-2-1-3-5-14/h1-9,12-13,20,24H,10-11H2. The van der Waals surface area contributed by atoms with Crippen LogP contribution in [0.25, 0.3) is 17.0 Å². The number of nitrogens with one attached hydrogen (secondary N) is 1. The summed E-state index contributed by atoms with van der Waals surface area (Å²) in [5.41, 5.74) is 2.55. The van der Waals surface area contributed by atoms with Crippen LogP contribution in [0.1, 0.15) is 5.56 Å². The molecule has 0 fully saturated rings. The summed E-state index contributed by atoms with van der Waals surface area (Å²) in [4.78, 5) is 4.20. The zero-order valence-corrected chi connectivity index (χ0v) is 14.8. The van der Waals surface area contributed by atoms with Gasteiger partial charge in [0.15, 0.2) is 11.5 Å². The van der Waals surface area contributed by atoms with E-state index in [4.69, 9.17) is 0 Å². The maximum Gasteiger partial charge on any atom is 0.387 e. The molecule has 28 heavy (non-hydrogen) atoms. The van der Waals surface area contributed by atoms with E-state index in [0.717, 1.165) is 17.8 Å². The number of halogens is 2. The Morgan fingerprint density at radius 3 is 2.50 bits per heavy atom. The summed E-state index contributed by atoms with van der Waals surface area (Å²) in [5, 5.41) is 11.7. The van der Waals surface area contributed by atoms with Gasteiger partial charge in [0.25, 0.3) is 0 Å². The molecule has 2 aromatic carbocycles. The van der Waals surface area contributed by atoms with Crippen LogP contribution in [-0.2, 0) is 6.42 Å². The fraction of sp³-hybridized carbons (Fsp3) is 0.150. The van der Waals surface area contributed by atoms with Crippen LogP contribution in [-0.4, -0.2) is 32.7 Å². The van der Waals surface area contributed by atoms with Gasteiger partial charge >= 0.3 is 6.61 Å². The molecule has 0 aliphatic carbocycles. The number of benzene rings is 2. The van der Waals surface area contributed by atoms with E-state index in [0.29, 0.717) is 18.0 Å². The predicted octanol–water partition coefficient (Wildman–Crippen LogP) is 4.05. The molecule has 142 valence electrons. The molecule has 0 unspecified atom stereocenters. The molecule has 6 nitrogen and oxygen atoms in total. The maximum absolute atomic E-state index is 12.3. The van der Waals surface area contributed by atoms with Crippen LogP contribution >= 0.6 is 0 Å². The van der Waals surface area contributed by atoms with Gasteiger partial charge in [-0.15, -0.1) is 10.2 Å². The molecule has 4 aromatic rings. The van der Waals surface area contributed by atoms with E-state index < -0.39 is 6.61 Å². The quantitative estimate of drug-likeness (QED) is 0.523. The molecule has 0 spiro atoms. The Labute approximate surface area is 159 Å². The van der Waals surface area contributed by atoms with Gasteiger partial charge in [-0.2, -0.15) is 8.78 Å². The molecule has 4 rings (SSSR count). The summed E-state index contributed by atoms with van der Waals surface area (Å²) in [5.74, 6) is 1.43. The van der Waals surface area contributed by atoms with Crippen LogP contribution in [0.15, 0.2) is 67.0 Å². The van der Waals surface area contributed by atoms with E-state index in [2.05, 4.69) is 37.4 Å². The molecule has 0 amide bonds. The summed E-state index contributed by atoms with van der Waals surface area (Å²) in [6.07, 6.45) is 4.18. The SMILES string of the molecule is FC(F)Oc1ccc(-c2nnc3cncc(NCCc4ccccc4)n23)cc1. The van der Waals surface area contributed by atoms with Crippen LogP contribution in [0.5, 0.6) is 5.75 Å². The summed E-state index contributed by atoms with van der Waals surface area (Å²) < 4.78 is 30.9. The topological polar surface area (TPSA) is 64.3 Å². The number of alkyl halides is 2. The van der Waals surface area contributed by atoms with Crippen molar-refractivity contribution in [1.82, 2.24) is 19.6 Å². The molecule has 0 bridgehead atoms. The van der Waals surface area contributed by atoms with Crippen molar-refractivity contribution in [3.05, 3.63) is 72.6 Å². The number of hydrogen-bond acceptors (Lipinski definition) is 5. The molecule has 2 heterocycles. The predicted molar refractivity (Wildman–Crippen MR) is 101 cm³/mol. The highest BCUT2D eigenvalue weighted by Crippen LogP contribution is 2.24. The van der Waals surface area contributed by atoms with Crippen molar-refractivity contribution in [2.75, 3.05) is 11.9 Å². The molecule has 2 aromatic heterocycles. The third kappa shape index (κ3) is 3.90. The summed E-state index contributed by atoms with van der Waals surface area (Å²) >= 11 is 0. The Balaban J connectivity index is 1.58. The molecule has 0 aliphatic heterocycles. The van der Waals surface area contributed by atoms with E-state index >= 15 is 0 Å². The summed E-state index contributed by atoms with van der Waals surface area (Å²) in [6.45, 7) is -2.14. The van der Waals surface area contributed by atoms with Crippen LogP contribution < -0.4 is 10.1 Å². The molecule has 0 saturated heterocycles. The Morgan fingerprint density at radius 2 is 1.75 bits per heavy atom. The molecule has 0 radical (unpaired) electrons. The van der Waals surface area contributed by atoms with Crippen molar-refractivity contribution in [3.8, 4) is 17.1 Å². The highest BCUT2D eigenvalue weighted by molar-refractivity contribution is 5.63. The fourth-order valence-electron chi connectivity index (χ4n) is 2.93. The highest BCUT2D eigenvalue weighted by Gasteiger charge is 2.13. The van der Waals surface area contributed by atoms with Gasteiger partial charge in [0.05, 0.1) is 12.4 Å². The second-order valence-electron chi connectivity index (χ2n) is 6.07. The lowest BCUT2D eigenvalue weighted by atomic mass is 10.1. The smallest absolute Gasteiger partial charge is 0.387 e. The Hall–Kier alpha value is -3.55. The van der Waals surface area contributed by atoms with Crippen molar-refractivity contribution in [3.63, 3.8) is 0 Å². The minimum absolute atomic E-state index is 0.0930. The van der Waals surface area contributed by atoms with Crippen molar-refractivity contribution in [2.45, 2.75) is 13.0 Å². The zero-order chi connectivity index (χ0) is 19.3. The number of ether oxygens (including phenoxy) is 1. The number of hydrogen-bond donors (Lipinski definition) is 1. The van der Waals surface area contributed by atoms with Gasteiger partial charge in [0.2, 0.25) is 0 Å². The monoisotopic (exact) mass is 381 g/mol. The van der Waals surface area contributed by atoms with E-state index in [1.165, 1.54) is 17.7 Å². The van der Waals surface area contributed by atoms with Crippen molar-refractivity contribution >= 4 is 11.5 Å². The highest BCUT2D eigenvalue weighted by atomic mass is 19.3. The lowest BCUT2D eigenvalue weighted by molar-refractivity contribution is -0.0498. The van der Waals surface area contributed by atoms with Crippen LogP contribution in [0.2, 0.25) is 0 Å². The minimum Gasteiger partial charge on any atom is -0.435 e. The van der Waals surface area contributed by atoms with Gasteiger partial charge in [-0.1, -0.05) is 30.3 Å². The maximum atomic E-state index is 12.3. The summed E-state index contributed by atoms with van der Waals surface area (Å²) in [7, 11) is 0. The van der Waals surface area contributed by atoms with Gasteiger partial charge in [0.1, 0.15) is 11.6 Å². The van der Waals surface area contributed by atoms with Gasteiger partial charge in [-0.25, -0.2) is 0 Å². The largest absolute Gasteiger partial charge is 0.435 e. The second-order valence-corrected chi connectivity index (χ2v) is 6.07. The normalized spacial score (nSPS) is 11.1. The first-order valence-electron chi connectivity index (χ1n) is 8.73. The van der Waals surface area contributed by atoms with E-state index in [9.17, 15) is 8.78 Å². The zero-order valence-electron chi connectivity index (χ0n) is 14.8. The van der Waals surface area contributed by atoms with Crippen molar-refractivity contribution in [1.29, 1.82) is 0 Å².